The SMILES string of the molecule is COC(=O)CN(C)c1cccc2nccn12. The maximum absolute atomic E-state index is 11.2. The molecule has 0 bridgehead atoms. The molecule has 0 aliphatic heterocycles. The third-order valence-corrected chi connectivity index (χ3v) is 2.39. The second kappa shape index (κ2) is 4.22. The maximum Gasteiger partial charge on any atom is 0.325 e. The average molecular weight is 219 g/mol. The van der Waals surface area contributed by atoms with Gasteiger partial charge >= 0.3 is 5.97 Å². The molecule has 16 heavy (non-hydrogen) atoms. The third kappa shape index (κ3) is 1.84. The van der Waals surface area contributed by atoms with Crippen LogP contribution >= 0.6 is 0 Å². The fourth-order valence-electron chi connectivity index (χ4n) is 1.58. The molecular formula is C11H13N3O2. The summed E-state index contributed by atoms with van der Waals surface area (Å²) in [4.78, 5) is 17.2. The number of ether oxygens (including phenoxy) is 1. The van der Waals surface area contributed by atoms with E-state index in [0.29, 0.717) is 0 Å². The summed E-state index contributed by atoms with van der Waals surface area (Å²) in [5.74, 6) is 0.639. The first-order valence-corrected chi connectivity index (χ1v) is 4.92. The lowest BCUT2D eigenvalue weighted by Gasteiger charge is -2.18. The Balaban J connectivity index is 2.32. The zero-order valence-electron chi connectivity index (χ0n) is 9.25. The number of likely N-dealkylation sites (N-methyl/N-ethyl adjacent to an activating group) is 1. The van der Waals surface area contributed by atoms with Crippen LogP contribution in [0.25, 0.3) is 5.65 Å². The van der Waals surface area contributed by atoms with Gasteiger partial charge in [0.05, 0.1) is 7.11 Å². The van der Waals surface area contributed by atoms with Crippen LogP contribution in [0.15, 0.2) is 30.6 Å². The zero-order valence-corrected chi connectivity index (χ0v) is 9.25. The molecule has 5 nitrogen and oxygen atoms in total. The van der Waals surface area contributed by atoms with Crippen molar-refractivity contribution in [1.29, 1.82) is 0 Å². The highest BCUT2D eigenvalue weighted by Crippen LogP contribution is 2.14. The number of fused-ring (bicyclic) bond motifs is 1. The van der Waals surface area contributed by atoms with Crippen LogP contribution in [0.5, 0.6) is 0 Å². The molecule has 0 radical (unpaired) electrons. The summed E-state index contributed by atoms with van der Waals surface area (Å²) in [6.45, 7) is 0.216. The van der Waals surface area contributed by atoms with Gasteiger partial charge < -0.3 is 9.64 Å². The van der Waals surface area contributed by atoms with Crippen LogP contribution in [-0.2, 0) is 9.53 Å². The van der Waals surface area contributed by atoms with E-state index >= 15 is 0 Å². The third-order valence-electron chi connectivity index (χ3n) is 2.39. The van der Waals surface area contributed by atoms with Crippen LogP contribution in [0.1, 0.15) is 0 Å². The first kappa shape index (κ1) is 10.5. The van der Waals surface area contributed by atoms with E-state index in [-0.39, 0.29) is 12.5 Å². The molecule has 0 N–H and O–H groups in total. The van der Waals surface area contributed by atoms with Gasteiger partial charge in [0.2, 0.25) is 0 Å². The summed E-state index contributed by atoms with van der Waals surface area (Å²) >= 11 is 0. The number of hydrogen-bond donors (Lipinski definition) is 0. The molecule has 2 aromatic heterocycles. The molecule has 2 aromatic rings. The van der Waals surface area contributed by atoms with Crippen molar-refractivity contribution in [2.24, 2.45) is 0 Å². The van der Waals surface area contributed by atoms with E-state index in [4.69, 9.17) is 0 Å². The largest absolute Gasteiger partial charge is 0.468 e. The molecule has 5 heteroatoms. The van der Waals surface area contributed by atoms with Gasteiger partial charge in [-0.25, -0.2) is 4.98 Å². The molecule has 84 valence electrons. The fourth-order valence-corrected chi connectivity index (χ4v) is 1.58. The highest BCUT2D eigenvalue weighted by atomic mass is 16.5. The lowest BCUT2D eigenvalue weighted by molar-refractivity contribution is -0.138. The molecule has 0 aliphatic carbocycles. The minimum absolute atomic E-state index is 0.216. The molecular weight excluding hydrogens is 206 g/mol. The summed E-state index contributed by atoms with van der Waals surface area (Å²) in [5.41, 5.74) is 0.856. The second-order valence-electron chi connectivity index (χ2n) is 3.47. The van der Waals surface area contributed by atoms with Crippen molar-refractivity contribution in [3.63, 3.8) is 0 Å². The van der Waals surface area contributed by atoms with Gasteiger partial charge in [0, 0.05) is 19.4 Å². The summed E-state index contributed by atoms with van der Waals surface area (Å²) < 4.78 is 6.55. The number of rotatable bonds is 3. The lowest BCUT2D eigenvalue weighted by atomic mass is 10.4. The Morgan fingerprint density at radius 2 is 2.38 bits per heavy atom. The predicted octanol–water partition coefficient (Wildman–Crippen LogP) is 0.943. The van der Waals surface area contributed by atoms with Gasteiger partial charge in [-0.15, -0.1) is 0 Å². The number of methoxy groups -OCH3 is 1. The Morgan fingerprint density at radius 1 is 1.56 bits per heavy atom. The van der Waals surface area contributed by atoms with E-state index in [1.165, 1.54) is 7.11 Å². The van der Waals surface area contributed by atoms with E-state index in [0.717, 1.165) is 11.5 Å². The highest BCUT2D eigenvalue weighted by Gasteiger charge is 2.09. The first-order chi connectivity index (χ1) is 7.72. The van der Waals surface area contributed by atoms with Crippen molar-refractivity contribution in [3.05, 3.63) is 30.6 Å². The summed E-state index contributed by atoms with van der Waals surface area (Å²) in [5, 5.41) is 0. The van der Waals surface area contributed by atoms with Gasteiger partial charge in [0.1, 0.15) is 18.0 Å². The van der Waals surface area contributed by atoms with Crippen LogP contribution in [0.3, 0.4) is 0 Å². The Hall–Kier alpha value is -2.04. The predicted molar refractivity (Wildman–Crippen MR) is 60.5 cm³/mol. The van der Waals surface area contributed by atoms with Crippen molar-refractivity contribution in [2.75, 3.05) is 25.6 Å². The molecule has 0 amide bonds. The Labute approximate surface area is 93.3 Å². The van der Waals surface area contributed by atoms with Crippen LogP contribution in [0, 0.1) is 0 Å². The quantitative estimate of drug-likeness (QED) is 0.721. The molecule has 0 aliphatic rings. The molecule has 2 rings (SSSR count). The highest BCUT2D eigenvalue weighted by molar-refractivity contribution is 5.75. The molecule has 0 aromatic carbocycles. The van der Waals surface area contributed by atoms with Crippen molar-refractivity contribution in [3.8, 4) is 0 Å². The van der Waals surface area contributed by atoms with E-state index in [9.17, 15) is 4.79 Å². The van der Waals surface area contributed by atoms with E-state index < -0.39 is 0 Å². The van der Waals surface area contributed by atoms with E-state index in [2.05, 4.69) is 9.72 Å². The normalized spacial score (nSPS) is 10.4. The first-order valence-electron chi connectivity index (χ1n) is 4.92. The minimum Gasteiger partial charge on any atom is -0.468 e. The number of carbonyl (C=O) groups excluding carboxylic acids is 1. The summed E-state index contributed by atoms with van der Waals surface area (Å²) in [7, 11) is 3.22. The Kier molecular flexibility index (Phi) is 2.76. The van der Waals surface area contributed by atoms with E-state index in [1.54, 1.807) is 6.20 Å². The minimum atomic E-state index is -0.264. The summed E-state index contributed by atoms with van der Waals surface area (Å²) in [6.07, 6.45) is 3.59. The van der Waals surface area contributed by atoms with Crippen LogP contribution < -0.4 is 4.90 Å². The summed E-state index contributed by atoms with van der Waals surface area (Å²) in [6, 6.07) is 5.75. The zero-order chi connectivity index (χ0) is 11.5. The van der Waals surface area contributed by atoms with Gasteiger partial charge in [0.15, 0.2) is 0 Å². The number of imidazole rings is 1. The number of anilines is 1. The standard InChI is InChI=1S/C11H13N3O2/c1-13(8-11(15)16-2)10-5-3-4-9-12-6-7-14(9)10/h3-7H,8H2,1-2H3. The average Bonchev–Trinajstić information content (AvgIpc) is 2.76. The molecule has 0 atom stereocenters. The van der Waals surface area contributed by atoms with Gasteiger partial charge in [-0.3, -0.25) is 9.20 Å². The number of hydrogen-bond acceptors (Lipinski definition) is 4. The van der Waals surface area contributed by atoms with Gasteiger partial charge in [-0.2, -0.15) is 0 Å². The van der Waals surface area contributed by atoms with Crippen molar-refractivity contribution < 1.29 is 9.53 Å². The Morgan fingerprint density at radius 3 is 3.12 bits per heavy atom. The van der Waals surface area contributed by atoms with Gasteiger partial charge in [0.25, 0.3) is 0 Å². The Bertz CT molecular complexity index is 507. The molecule has 0 saturated carbocycles. The van der Waals surface area contributed by atoms with Gasteiger partial charge in [-0.1, -0.05) is 6.07 Å². The molecule has 0 spiro atoms. The van der Waals surface area contributed by atoms with Gasteiger partial charge in [-0.05, 0) is 12.1 Å². The van der Waals surface area contributed by atoms with Crippen molar-refractivity contribution in [2.45, 2.75) is 0 Å². The lowest BCUT2D eigenvalue weighted by Crippen LogP contribution is -2.27. The second-order valence-corrected chi connectivity index (χ2v) is 3.47. The molecule has 0 fully saturated rings. The van der Waals surface area contributed by atoms with Crippen LogP contribution in [-0.4, -0.2) is 36.1 Å². The van der Waals surface area contributed by atoms with E-state index in [1.807, 2.05) is 40.7 Å². The molecule has 0 saturated heterocycles. The maximum atomic E-state index is 11.2. The topological polar surface area (TPSA) is 46.8 Å². The molecule has 0 unspecified atom stereocenters. The van der Waals surface area contributed by atoms with Crippen LogP contribution in [0.2, 0.25) is 0 Å². The monoisotopic (exact) mass is 219 g/mol. The van der Waals surface area contributed by atoms with Crippen molar-refractivity contribution in [1.82, 2.24) is 9.38 Å². The number of nitrogens with zero attached hydrogens (tertiary/aromatic N) is 3. The molecule has 2 heterocycles. The number of esters is 1. The van der Waals surface area contributed by atoms with Crippen LogP contribution in [0.4, 0.5) is 5.82 Å². The smallest absolute Gasteiger partial charge is 0.325 e. The number of aromatic nitrogens is 2. The number of carbonyl (C=O) groups is 1. The fraction of sp³-hybridized carbons (Fsp3) is 0.273. The van der Waals surface area contributed by atoms with Crippen molar-refractivity contribution >= 4 is 17.4 Å². The number of pyridine rings is 1.